The van der Waals surface area contributed by atoms with Crippen LogP contribution in [0.25, 0.3) is 27.6 Å². The van der Waals surface area contributed by atoms with E-state index in [1.54, 1.807) is 10.9 Å². The fraction of sp³-hybridized carbons (Fsp3) is 0.240. The summed E-state index contributed by atoms with van der Waals surface area (Å²) < 4.78 is 1.76. The predicted octanol–water partition coefficient (Wildman–Crippen LogP) is 3.16. The molecule has 8 heteroatoms. The number of H-pyrrole nitrogens is 1. The molecule has 1 saturated heterocycles. The van der Waals surface area contributed by atoms with Gasteiger partial charge in [-0.2, -0.15) is 5.10 Å². The number of aromatic amines is 1. The first kappa shape index (κ1) is 21.0. The van der Waals surface area contributed by atoms with Gasteiger partial charge in [0.05, 0.1) is 6.20 Å². The van der Waals surface area contributed by atoms with Crippen LogP contribution in [0.1, 0.15) is 5.56 Å². The smallest absolute Gasteiger partial charge is 0.257 e. The van der Waals surface area contributed by atoms with Crippen LogP contribution >= 0.6 is 0 Å². The maximum Gasteiger partial charge on any atom is 0.257 e. The van der Waals surface area contributed by atoms with Crippen molar-refractivity contribution in [2.24, 2.45) is 7.05 Å². The number of aromatic nitrogens is 4. The highest BCUT2D eigenvalue weighted by Crippen LogP contribution is 2.25. The first-order chi connectivity index (χ1) is 16.0. The molecule has 3 aromatic heterocycles. The van der Waals surface area contributed by atoms with Crippen molar-refractivity contribution in [2.45, 2.75) is 0 Å². The molecule has 0 radical (unpaired) electrons. The monoisotopic (exact) mass is 441 g/mol. The van der Waals surface area contributed by atoms with Crippen LogP contribution in [-0.2, 0) is 7.05 Å². The van der Waals surface area contributed by atoms with Gasteiger partial charge in [-0.25, -0.2) is 4.98 Å². The second-order valence-electron chi connectivity index (χ2n) is 8.51. The Morgan fingerprint density at radius 3 is 2.64 bits per heavy atom. The summed E-state index contributed by atoms with van der Waals surface area (Å²) in [6.07, 6.45) is 5.58. The average Bonchev–Trinajstić information content (AvgIpc) is 3.25. The van der Waals surface area contributed by atoms with Crippen LogP contribution < -0.4 is 15.8 Å². The first-order valence-electron chi connectivity index (χ1n) is 11.0. The fourth-order valence-corrected chi connectivity index (χ4v) is 4.14. The van der Waals surface area contributed by atoms with E-state index in [0.717, 1.165) is 54.1 Å². The zero-order valence-corrected chi connectivity index (χ0v) is 18.9. The molecule has 33 heavy (non-hydrogen) atoms. The van der Waals surface area contributed by atoms with Gasteiger partial charge in [-0.15, -0.1) is 0 Å². The summed E-state index contributed by atoms with van der Waals surface area (Å²) in [4.78, 5) is 24.8. The molecule has 0 atom stereocenters. The topological polar surface area (TPSA) is 82.1 Å². The average molecular weight is 442 g/mol. The van der Waals surface area contributed by atoms with Crippen LogP contribution in [0.15, 0.2) is 66.4 Å². The van der Waals surface area contributed by atoms with Crippen molar-refractivity contribution in [1.29, 1.82) is 0 Å². The third-order valence-electron chi connectivity index (χ3n) is 6.09. The third kappa shape index (κ3) is 4.38. The van der Waals surface area contributed by atoms with E-state index in [1.165, 1.54) is 0 Å². The minimum Gasteiger partial charge on any atom is -0.354 e. The van der Waals surface area contributed by atoms with E-state index in [1.807, 2.05) is 55.8 Å². The maximum absolute atomic E-state index is 12.7. The minimum absolute atomic E-state index is 0.145. The highest BCUT2D eigenvalue weighted by molar-refractivity contribution is 5.89. The lowest BCUT2D eigenvalue weighted by Gasteiger charge is -2.33. The number of likely N-dealkylation sites (N-methyl/N-ethyl adjacent to an activating group) is 1. The molecule has 1 aromatic carbocycles. The lowest BCUT2D eigenvalue weighted by molar-refractivity contribution is 0.312. The van der Waals surface area contributed by atoms with E-state index in [4.69, 9.17) is 0 Å². The van der Waals surface area contributed by atoms with Crippen molar-refractivity contribution >= 4 is 28.1 Å². The summed E-state index contributed by atoms with van der Waals surface area (Å²) in [6, 6.07) is 11.7. The van der Waals surface area contributed by atoms with Crippen LogP contribution in [0, 0.1) is 0 Å². The Morgan fingerprint density at radius 1 is 1.06 bits per heavy atom. The van der Waals surface area contributed by atoms with E-state index in [2.05, 4.69) is 43.8 Å². The Kier molecular flexibility index (Phi) is 5.43. The predicted molar refractivity (Wildman–Crippen MR) is 133 cm³/mol. The van der Waals surface area contributed by atoms with E-state index in [9.17, 15) is 4.79 Å². The van der Waals surface area contributed by atoms with E-state index >= 15 is 0 Å². The van der Waals surface area contributed by atoms with E-state index in [-0.39, 0.29) is 5.56 Å². The van der Waals surface area contributed by atoms with E-state index < -0.39 is 0 Å². The molecule has 8 nitrogen and oxygen atoms in total. The van der Waals surface area contributed by atoms with Gasteiger partial charge >= 0.3 is 0 Å². The number of benzene rings is 1. The summed E-state index contributed by atoms with van der Waals surface area (Å²) >= 11 is 0. The zero-order chi connectivity index (χ0) is 22.9. The molecular formula is C25H27N7O. The van der Waals surface area contributed by atoms with Crippen molar-refractivity contribution in [1.82, 2.24) is 24.6 Å². The highest BCUT2D eigenvalue weighted by atomic mass is 16.1. The molecule has 1 aliphatic rings. The molecular weight excluding hydrogens is 414 g/mol. The van der Waals surface area contributed by atoms with Crippen LogP contribution in [-0.4, -0.2) is 57.9 Å². The van der Waals surface area contributed by atoms with Gasteiger partial charge in [0.25, 0.3) is 5.56 Å². The summed E-state index contributed by atoms with van der Waals surface area (Å²) in [7, 11) is 4.02. The minimum atomic E-state index is -0.145. The van der Waals surface area contributed by atoms with Gasteiger partial charge in [-0.1, -0.05) is 12.6 Å². The highest BCUT2D eigenvalue weighted by Gasteiger charge is 2.16. The maximum atomic E-state index is 12.7. The molecule has 168 valence electrons. The standard InChI is InChI=1S/C25H27N7O/c1-17(18-6-7-26-24(14-18)32-10-8-30(2)9-11-32)28-23-13-20-12-19(21-15-27-31(3)16-21)4-5-22(20)25(33)29-23/h4-7,12-16H,1,8-11H2,2-3H3,(H2,28,29,33). The molecule has 0 amide bonds. The molecule has 4 aromatic rings. The molecule has 0 saturated carbocycles. The first-order valence-corrected chi connectivity index (χ1v) is 11.0. The third-order valence-corrected chi connectivity index (χ3v) is 6.09. The lowest BCUT2D eigenvalue weighted by atomic mass is 10.0. The fourth-order valence-electron chi connectivity index (χ4n) is 4.14. The van der Waals surface area contributed by atoms with Crippen LogP contribution in [0.5, 0.6) is 0 Å². The zero-order valence-electron chi connectivity index (χ0n) is 18.9. The number of aryl methyl sites for hydroxylation is 1. The van der Waals surface area contributed by atoms with Crippen molar-refractivity contribution in [3.63, 3.8) is 0 Å². The number of rotatable bonds is 5. The molecule has 0 spiro atoms. The number of hydrogen-bond acceptors (Lipinski definition) is 6. The normalized spacial score (nSPS) is 14.5. The number of pyridine rings is 2. The number of nitrogens with zero attached hydrogens (tertiary/aromatic N) is 5. The molecule has 1 fully saturated rings. The molecule has 4 heterocycles. The van der Waals surface area contributed by atoms with Crippen LogP contribution in [0.4, 0.5) is 11.6 Å². The quantitative estimate of drug-likeness (QED) is 0.495. The van der Waals surface area contributed by atoms with Crippen LogP contribution in [0.2, 0.25) is 0 Å². The number of anilines is 2. The Hall–Kier alpha value is -3.91. The molecule has 1 aliphatic heterocycles. The van der Waals surface area contributed by atoms with Gasteiger partial charge < -0.3 is 20.1 Å². The summed E-state index contributed by atoms with van der Waals surface area (Å²) in [5.41, 5.74) is 3.51. The summed E-state index contributed by atoms with van der Waals surface area (Å²) in [5.74, 6) is 1.54. The van der Waals surface area contributed by atoms with Gasteiger partial charge in [0.15, 0.2) is 0 Å². The van der Waals surface area contributed by atoms with Crippen molar-refractivity contribution in [3.8, 4) is 11.1 Å². The number of piperazine rings is 1. The summed E-state index contributed by atoms with van der Waals surface area (Å²) in [6.45, 7) is 8.13. The van der Waals surface area contributed by atoms with Crippen molar-refractivity contribution < 1.29 is 0 Å². The van der Waals surface area contributed by atoms with Gasteiger partial charge in [-0.05, 0) is 48.3 Å². The second kappa shape index (κ2) is 8.55. The van der Waals surface area contributed by atoms with Crippen LogP contribution in [0.3, 0.4) is 0 Å². The number of hydrogen-bond donors (Lipinski definition) is 2. The van der Waals surface area contributed by atoms with Gasteiger partial charge in [0.2, 0.25) is 0 Å². The molecule has 2 N–H and O–H groups in total. The Morgan fingerprint density at radius 2 is 1.88 bits per heavy atom. The SMILES string of the molecule is C=C(Nc1cc2cc(-c3cnn(C)c3)ccc2c(=O)[nH]1)c1ccnc(N2CCN(C)CC2)c1. The molecule has 0 aliphatic carbocycles. The number of fused-ring (bicyclic) bond motifs is 1. The summed E-state index contributed by atoms with van der Waals surface area (Å²) in [5, 5.41) is 9.00. The van der Waals surface area contributed by atoms with Gasteiger partial charge in [-0.3, -0.25) is 9.48 Å². The molecule has 0 bridgehead atoms. The number of nitrogens with one attached hydrogen (secondary N) is 2. The lowest BCUT2D eigenvalue weighted by Crippen LogP contribution is -2.44. The Bertz CT molecular complexity index is 1380. The van der Waals surface area contributed by atoms with Gasteiger partial charge in [0.1, 0.15) is 11.6 Å². The van der Waals surface area contributed by atoms with Crippen molar-refractivity contribution in [3.05, 3.63) is 77.5 Å². The molecule has 5 rings (SSSR count). The van der Waals surface area contributed by atoms with Gasteiger partial charge in [0, 0.05) is 67.8 Å². The Labute approximate surface area is 192 Å². The second-order valence-corrected chi connectivity index (χ2v) is 8.51. The Balaban J connectivity index is 1.40. The largest absolute Gasteiger partial charge is 0.354 e. The van der Waals surface area contributed by atoms with E-state index in [0.29, 0.717) is 16.9 Å². The van der Waals surface area contributed by atoms with Crippen molar-refractivity contribution in [2.75, 3.05) is 43.4 Å². The molecule has 0 unspecified atom stereocenters.